The van der Waals surface area contributed by atoms with Crippen molar-refractivity contribution < 1.29 is 8.78 Å². The van der Waals surface area contributed by atoms with Crippen molar-refractivity contribution in [2.75, 3.05) is 0 Å². The van der Waals surface area contributed by atoms with Crippen LogP contribution in [0.25, 0.3) is 0 Å². The first kappa shape index (κ1) is 16.9. The van der Waals surface area contributed by atoms with Gasteiger partial charge < -0.3 is 0 Å². The van der Waals surface area contributed by atoms with E-state index >= 15 is 0 Å². The summed E-state index contributed by atoms with van der Waals surface area (Å²) in [5.41, 5.74) is 2.04. The fourth-order valence-electron chi connectivity index (χ4n) is 1.52. The summed E-state index contributed by atoms with van der Waals surface area (Å²) in [5, 5.41) is 0.400. The Bertz CT molecular complexity index is 517. The van der Waals surface area contributed by atoms with E-state index in [0.29, 0.717) is 0 Å². The van der Waals surface area contributed by atoms with Crippen molar-refractivity contribution in [2.24, 2.45) is 0 Å². The van der Waals surface area contributed by atoms with Gasteiger partial charge in [-0.2, -0.15) is 0 Å². The van der Waals surface area contributed by atoms with Crippen molar-refractivity contribution >= 4 is 23.2 Å². The predicted molar refractivity (Wildman–Crippen MR) is 81.6 cm³/mol. The molecular weight excluding hydrogens is 301 g/mol. The van der Waals surface area contributed by atoms with Gasteiger partial charge in [0, 0.05) is 0 Å². The zero-order valence-electron chi connectivity index (χ0n) is 11.4. The van der Waals surface area contributed by atoms with E-state index < -0.39 is 0 Å². The molecule has 0 atom stereocenters. The maximum Gasteiger partial charge on any atom is 0.142 e. The Morgan fingerprint density at radius 1 is 0.750 bits per heavy atom. The van der Waals surface area contributed by atoms with Gasteiger partial charge in [-0.05, 0) is 48.2 Å². The van der Waals surface area contributed by atoms with Crippen LogP contribution in [0.15, 0.2) is 36.4 Å². The zero-order valence-corrected chi connectivity index (χ0v) is 12.9. The van der Waals surface area contributed by atoms with E-state index in [2.05, 4.69) is 0 Å². The van der Waals surface area contributed by atoms with E-state index in [-0.39, 0.29) is 21.7 Å². The fraction of sp³-hybridized carbons (Fsp3) is 0.250. The monoisotopic (exact) mass is 316 g/mol. The molecule has 2 aromatic carbocycles. The lowest BCUT2D eigenvalue weighted by Crippen LogP contribution is -1.82. The first-order valence-corrected chi connectivity index (χ1v) is 7.11. The van der Waals surface area contributed by atoms with Crippen molar-refractivity contribution in [3.05, 3.63) is 69.2 Å². The van der Waals surface area contributed by atoms with Gasteiger partial charge in [-0.15, -0.1) is 0 Å². The zero-order chi connectivity index (χ0) is 15.1. The van der Waals surface area contributed by atoms with Crippen LogP contribution in [-0.2, 0) is 12.8 Å². The summed E-state index contributed by atoms with van der Waals surface area (Å²) < 4.78 is 25.1. The molecule has 0 unspecified atom stereocenters. The maximum atomic E-state index is 12.6. The topological polar surface area (TPSA) is 0 Å². The van der Waals surface area contributed by atoms with Crippen LogP contribution in [0.5, 0.6) is 0 Å². The Labute approximate surface area is 128 Å². The summed E-state index contributed by atoms with van der Waals surface area (Å²) >= 11 is 11.0. The molecule has 0 saturated heterocycles. The molecule has 2 aromatic rings. The minimum absolute atomic E-state index is 0.192. The summed E-state index contributed by atoms with van der Waals surface area (Å²) in [7, 11) is 0. The molecule has 0 radical (unpaired) electrons. The Morgan fingerprint density at radius 3 is 1.80 bits per heavy atom. The largest absolute Gasteiger partial charge is 0.205 e. The lowest BCUT2D eigenvalue weighted by molar-refractivity contribution is 0.626. The van der Waals surface area contributed by atoms with Gasteiger partial charge in [0.05, 0.1) is 10.0 Å². The van der Waals surface area contributed by atoms with Gasteiger partial charge in [-0.3, -0.25) is 0 Å². The molecule has 0 fully saturated rings. The fourth-order valence-corrected chi connectivity index (χ4v) is 1.84. The van der Waals surface area contributed by atoms with Crippen molar-refractivity contribution in [3.63, 3.8) is 0 Å². The van der Waals surface area contributed by atoms with Gasteiger partial charge in [0.25, 0.3) is 0 Å². The van der Waals surface area contributed by atoms with Crippen LogP contribution in [0.1, 0.15) is 25.0 Å². The Hall–Kier alpha value is -1.12. The summed E-state index contributed by atoms with van der Waals surface area (Å²) in [6.07, 6.45) is 1.73. The van der Waals surface area contributed by atoms with Crippen molar-refractivity contribution in [1.29, 1.82) is 0 Å². The van der Waals surface area contributed by atoms with E-state index in [0.717, 1.165) is 24.0 Å². The lowest BCUT2D eigenvalue weighted by atomic mass is 10.2. The molecule has 0 bridgehead atoms. The Balaban J connectivity index is 0.000000200. The highest BCUT2D eigenvalue weighted by Crippen LogP contribution is 2.16. The summed E-state index contributed by atoms with van der Waals surface area (Å²) in [6, 6.07) is 9.64. The molecular formula is C16H16Cl2F2. The number of halogens is 4. The van der Waals surface area contributed by atoms with Crippen LogP contribution in [0, 0.1) is 11.6 Å². The summed E-state index contributed by atoms with van der Waals surface area (Å²) in [6.45, 7) is 3.98. The standard InChI is InChI=1S/2C8H8ClF/c1-2-6-3-4-8(10)7(9)5-6;1-2-6-3-4-7(9)8(10)5-6/h2*3-5H,2H2,1H3. The van der Waals surface area contributed by atoms with Gasteiger partial charge in [0.1, 0.15) is 11.6 Å². The Kier molecular flexibility index (Phi) is 6.97. The molecule has 0 nitrogen and oxygen atoms in total. The second-order valence-electron chi connectivity index (χ2n) is 4.20. The molecule has 0 heterocycles. The van der Waals surface area contributed by atoms with Crippen molar-refractivity contribution in [1.82, 2.24) is 0 Å². The van der Waals surface area contributed by atoms with Crippen LogP contribution in [0.2, 0.25) is 10.0 Å². The number of rotatable bonds is 2. The highest BCUT2D eigenvalue weighted by molar-refractivity contribution is 6.31. The highest BCUT2D eigenvalue weighted by atomic mass is 35.5. The van der Waals surface area contributed by atoms with Crippen molar-refractivity contribution in [3.8, 4) is 0 Å². The van der Waals surface area contributed by atoms with Crippen molar-refractivity contribution in [2.45, 2.75) is 26.7 Å². The number of aryl methyl sites for hydroxylation is 2. The molecule has 0 spiro atoms. The minimum Gasteiger partial charge on any atom is -0.205 e. The van der Waals surface area contributed by atoms with E-state index in [1.165, 1.54) is 12.1 Å². The Morgan fingerprint density at radius 2 is 1.30 bits per heavy atom. The smallest absolute Gasteiger partial charge is 0.142 e. The molecule has 0 aliphatic carbocycles. The normalized spacial score (nSPS) is 9.90. The first-order valence-electron chi connectivity index (χ1n) is 6.35. The molecule has 108 valence electrons. The second-order valence-corrected chi connectivity index (χ2v) is 5.02. The molecule has 20 heavy (non-hydrogen) atoms. The van der Waals surface area contributed by atoms with Crippen LogP contribution in [-0.4, -0.2) is 0 Å². The average Bonchev–Trinajstić information content (AvgIpc) is 2.45. The van der Waals surface area contributed by atoms with Gasteiger partial charge in [-0.25, -0.2) is 8.78 Å². The average molecular weight is 317 g/mol. The van der Waals surface area contributed by atoms with Gasteiger partial charge in [-0.1, -0.05) is 49.2 Å². The highest BCUT2D eigenvalue weighted by Gasteiger charge is 1.98. The minimum atomic E-state index is -0.348. The van der Waals surface area contributed by atoms with Crippen LogP contribution < -0.4 is 0 Å². The quantitative estimate of drug-likeness (QED) is 0.629. The molecule has 4 heteroatoms. The van der Waals surface area contributed by atoms with Gasteiger partial charge >= 0.3 is 0 Å². The molecule has 0 aromatic heterocycles. The van der Waals surface area contributed by atoms with E-state index in [1.807, 2.05) is 19.9 Å². The number of benzene rings is 2. The summed E-state index contributed by atoms with van der Waals surface area (Å²) in [5.74, 6) is -0.681. The number of hydrogen-bond donors (Lipinski definition) is 0. The van der Waals surface area contributed by atoms with Crippen LogP contribution in [0.3, 0.4) is 0 Å². The molecule has 0 aliphatic rings. The first-order chi connectivity index (χ1) is 9.47. The molecule has 0 amide bonds. The van der Waals surface area contributed by atoms with Gasteiger partial charge in [0.15, 0.2) is 0 Å². The molecule has 0 N–H and O–H groups in total. The SMILES string of the molecule is CCc1ccc(Cl)c(F)c1.CCc1ccc(F)c(Cl)c1. The third kappa shape index (κ3) is 5.10. The van der Waals surface area contributed by atoms with Crippen LogP contribution >= 0.6 is 23.2 Å². The lowest BCUT2D eigenvalue weighted by Gasteiger charge is -1.96. The number of hydrogen-bond acceptors (Lipinski definition) is 0. The molecule has 0 aliphatic heterocycles. The van der Waals surface area contributed by atoms with Gasteiger partial charge in [0.2, 0.25) is 0 Å². The van der Waals surface area contributed by atoms with Crippen LogP contribution in [0.4, 0.5) is 8.78 Å². The predicted octanol–water partition coefficient (Wildman–Crippen LogP) is 6.08. The van der Waals surface area contributed by atoms with E-state index in [1.54, 1.807) is 18.2 Å². The third-order valence-electron chi connectivity index (χ3n) is 2.78. The summed E-state index contributed by atoms with van der Waals surface area (Å²) in [4.78, 5) is 0. The van der Waals surface area contributed by atoms with E-state index in [9.17, 15) is 8.78 Å². The molecule has 0 saturated carbocycles. The second kappa shape index (κ2) is 8.23. The molecule has 2 rings (SSSR count). The third-order valence-corrected chi connectivity index (χ3v) is 3.38. The van der Waals surface area contributed by atoms with E-state index in [4.69, 9.17) is 23.2 Å². The maximum absolute atomic E-state index is 12.6.